The molecule has 1 N–H and O–H groups in total. The standard InChI is InChI=1S/C8H13NO3/c1-2-12-8(10)5-7-6-11-4-3-9-7/h5,9H,2-4,6H2,1H3/b7-5+. The molecule has 1 aliphatic rings. The summed E-state index contributed by atoms with van der Waals surface area (Å²) in [5.41, 5.74) is 0.791. The van der Waals surface area contributed by atoms with Crippen LogP contribution in [-0.2, 0) is 14.3 Å². The lowest BCUT2D eigenvalue weighted by molar-refractivity contribution is -0.137. The lowest BCUT2D eigenvalue weighted by Gasteiger charge is -2.16. The Kier molecular flexibility index (Phi) is 3.60. The van der Waals surface area contributed by atoms with E-state index >= 15 is 0 Å². The summed E-state index contributed by atoms with van der Waals surface area (Å²) in [6.07, 6.45) is 1.43. The summed E-state index contributed by atoms with van der Waals surface area (Å²) in [4.78, 5) is 10.9. The molecular weight excluding hydrogens is 158 g/mol. The van der Waals surface area contributed by atoms with E-state index in [0.29, 0.717) is 19.8 Å². The van der Waals surface area contributed by atoms with Gasteiger partial charge in [-0.05, 0) is 6.92 Å². The highest BCUT2D eigenvalue weighted by molar-refractivity contribution is 5.82. The van der Waals surface area contributed by atoms with Gasteiger partial charge in [-0.2, -0.15) is 0 Å². The van der Waals surface area contributed by atoms with E-state index in [1.165, 1.54) is 6.08 Å². The number of rotatable bonds is 2. The van der Waals surface area contributed by atoms with Gasteiger partial charge in [-0.1, -0.05) is 0 Å². The topological polar surface area (TPSA) is 47.6 Å². The normalized spacial score (nSPS) is 20.2. The summed E-state index contributed by atoms with van der Waals surface area (Å²) in [7, 11) is 0. The fourth-order valence-corrected chi connectivity index (χ4v) is 0.936. The highest BCUT2D eigenvalue weighted by Crippen LogP contribution is 1.97. The molecule has 1 aliphatic heterocycles. The monoisotopic (exact) mass is 171 g/mol. The molecule has 4 nitrogen and oxygen atoms in total. The number of hydrogen-bond acceptors (Lipinski definition) is 4. The molecular formula is C8H13NO3. The van der Waals surface area contributed by atoms with Crippen LogP contribution in [0.3, 0.4) is 0 Å². The van der Waals surface area contributed by atoms with Crippen molar-refractivity contribution in [2.24, 2.45) is 0 Å². The van der Waals surface area contributed by atoms with Crippen LogP contribution in [0.15, 0.2) is 11.8 Å². The van der Waals surface area contributed by atoms with E-state index < -0.39 is 0 Å². The maximum Gasteiger partial charge on any atom is 0.332 e. The van der Waals surface area contributed by atoms with Gasteiger partial charge in [-0.3, -0.25) is 0 Å². The van der Waals surface area contributed by atoms with Crippen LogP contribution in [0.1, 0.15) is 6.92 Å². The average Bonchev–Trinajstić information content (AvgIpc) is 2.06. The van der Waals surface area contributed by atoms with E-state index in [9.17, 15) is 4.79 Å². The molecule has 0 aromatic carbocycles. The number of esters is 1. The zero-order valence-electron chi connectivity index (χ0n) is 7.13. The minimum Gasteiger partial charge on any atom is -0.463 e. The number of carbonyl (C=O) groups excluding carboxylic acids is 1. The Balaban J connectivity index is 2.37. The first-order chi connectivity index (χ1) is 5.83. The molecule has 0 aliphatic carbocycles. The van der Waals surface area contributed by atoms with Gasteiger partial charge in [0.2, 0.25) is 0 Å². The van der Waals surface area contributed by atoms with Gasteiger partial charge in [-0.25, -0.2) is 4.79 Å². The Morgan fingerprint density at radius 2 is 2.67 bits per heavy atom. The molecule has 1 saturated heterocycles. The molecule has 0 radical (unpaired) electrons. The van der Waals surface area contributed by atoms with Gasteiger partial charge in [0.15, 0.2) is 0 Å². The summed E-state index contributed by atoms with van der Waals surface area (Å²) in [6, 6.07) is 0. The molecule has 0 saturated carbocycles. The van der Waals surface area contributed by atoms with Crippen molar-refractivity contribution in [1.82, 2.24) is 5.32 Å². The van der Waals surface area contributed by atoms with Crippen molar-refractivity contribution >= 4 is 5.97 Å². The Hall–Kier alpha value is -1.03. The molecule has 1 rings (SSSR count). The van der Waals surface area contributed by atoms with Crippen LogP contribution >= 0.6 is 0 Å². The van der Waals surface area contributed by atoms with Gasteiger partial charge < -0.3 is 14.8 Å². The first-order valence-corrected chi connectivity index (χ1v) is 4.02. The van der Waals surface area contributed by atoms with E-state index in [1.54, 1.807) is 6.92 Å². The van der Waals surface area contributed by atoms with Crippen LogP contribution in [0.2, 0.25) is 0 Å². The van der Waals surface area contributed by atoms with Crippen LogP contribution in [0.4, 0.5) is 0 Å². The molecule has 0 atom stereocenters. The van der Waals surface area contributed by atoms with Crippen LogP contribution in [0.5, 0.6) is 0 Å². The predicted octanol–water partition coefficient (Wildman–Crippen LogP) is 0.0532. The van der Waals surface area contributed by atoms with Crippen molar-refractivity contribution < 1.29 is 14.3 Å². The zero-order chi connectivity index (χ0) is 8.81. The molecule has 1 heterocycles. The summed E-state index contributed by atoms with van der Waals surface area (Å²) >= 11 is 0. The minimum absolute atomic E-state index is 0.314. The Bertz CT molecular complexity index is 181. The summed E-state index contributed by atoms with van der Waals surface area (Å²) < 4.78 is 9.86. The molecule has 68 valence electrons. The second-order valence-corrected chi connectivity index (χ2v) is 2.40. The molecule has 0 aromatic heterocycles. The molecule has 12 heavy (non-hydrogen) atoms. The number of carbonyl (C=O) groups is 1. The number of morpholine rings is 1. The van der Waals surface area contributed by atoms with Crippen molar-refractivity contribution in [3.8, 4) is 0 Å². The van der Waals surface area contributed by atoms with Gasteiger partial charge in [0.25, 0.3) is 0 Å². The highest BCUT2D eigenvalue weighted by atomic mass is 16.5. The second kappa shape index (κ2) is 4.77. The Morgan fingerprint density at radius 3 is 3.25 bits per heavy atom. The second-order valence-electron chi connectivity index (χ2n) is 2.40. The number of ether oxygens (including phenoxy) is 2. The first kappa shape index (κ1) is 9.06. The Labute approximate surface area is 71.5 Å². The summed E-state index contributed by atoms with van der Waals surface area (Å²) in [5, 5.41) is 3.04. The fraction of sp³-hybridized carbons (Fsp3) is 0.625. The van der Waals surface area contributed by atoms with E-state index in [4.69, 9.17) is 9.47 Å². The SMILES string of the molecule is CCOC(=O)/C=C1\COCCN1. The third-order valence-corrected chi connectivity index (χ3v) is 1.43. The summed E-state index contributed by atoms with van der Waals surface area (Å²) in [5.74, 6) is -0.314. The molecule has 1 fully saturated rings. The quantitative estimate of drug-likeness (QED) is 0.471. The maximum atomic E-state index is 10.9. The molecule has 4 heteroatoms. The lowest BCUT2D eigenvalue weighted by atomic mass is 10.3. The van der Waals surface area contributed by atoms with E-state index in [0.717, 1.165) is 12.2 Å². The number of nitrogens with one attached hydrogen (secondary N) is 1. The summed E-state index contributed by atoms with van der Waals surface area (Å²) in [6.45, 7) is 4.11. The average molecular weight is 171 g/mol. The van der Waals surface area contributed by atoms with E-state index in [-0.39, 0.29) is 5.97 Å². The van der Waals surface area contributed by atoms with E-state index in [2.05, 4.69) is 5.32 Å². The van der Waals surface area contributed by atoms with Crippen molar-refractivity contribution in [2.45, 2.75) is 6.92 Å². The predicted molar refractivity (Wildman–Crippen MR) is 43.5 cm³/mol. The molecule has 0 unspecified atom stereocenters. The maximum absolute atomic E-state index is 10.9. The smallest absolute Gasteiger partial charge is 0.332 e. The number of hydrogen-bond donors (Lipinski definition) is 1. The van der Waals surface area contributed by atoms with E-state index in [1.807, 2.05) is 0 Å². The van der Waals surface area contributed by atoms with Crippen molar-refractivity contribution in [2.75, 3.05) is 26.4 Å². The molecule has 0 spiro atoms. The fourth-order valence-electron chi connectivity index (χ4n) is 0.936. The van der Waals surface area contributed by atoms with Gasteiger partial charge >= 0.3 is 5.97 Å². The third kappa shape index (κ3) is 2.92. The van der Waals surface area contributed by atoms with Gasteiger partial charge in [-0.15, -0.1) is 0 Å². The van der Waals surface area contributed by atoms with Crippen molar-refractivity contribution in [3.63, 3.8) is 0 Å². The van der Waals surface area contributed by atoms with Crippen LogP contribution in [-0.4, -0.2) is 32.3 Å². The van der Waals surface area contributed by atoms with Crippen LogP contribution < -0.4 is 5.32 Å². The lowest BCUT2D eigenvalue weighted by Crippen LogP contribution is -2.29. The van der Waals surface area contributed by atoms with Crippen LogP contribution in [0.25, 0.3) is 0 Å². The van der Waals surface area contributed by atoms with Gasteiger partial charge in [0.05, 0.1) is 19.8 Å². The van der Waals surface area contributed by atoms with Crippen molar-refractivity contribution in [3.05, 3.63) is 11.8 Å². The minimum atomic E-state index is -0.314. The highest BCUT2D eigenvalue weighted by Gasteiger charge is 2.06. The zero-order valence-corrected chi connectivity index (χ0v) is 7.13. The van der Waals surface area contributed by atoms with Gasteiger partial charge in [0, 0.05) is 18.3 Å². The largest absolute Gasteiger partial charge is 0.463 e. The third-order valence-electron chi connectivity index (χ3n) is 1.43. The molecule has 0 aromatic rings. The van der Waals surface area contributed by atoms with Crippen molar-refractivity contribution in [1.29, 1.82) is 0 Å². The van der Waals surface area contributed by atoms with Crippen LogP contribution in [0, 0.1) is 0 Å². The van der Waals surface area contributed by atoms with Gasteiger partial charge in [0.1, 0.15) is 0 Å². The first-order valence-electron chi connectivity index (χ1n) is 4.02. The Morgan fingerprint density at radius 1 is 1.83 bits per heavy atom. The molecule has 0 amide bonds. The molecule has 0 bridgehead atoms.